The molecule has 0 radical (unpaired) electrons. The second-order valence-corrected chi connectivity index (χ2v) is 8.28. The standard InChI is InChI=1S/C18H28N6O3S/c1-6-22-7-9-23(10-8-22)13(25)11-28-17-19-15-14(24(17)12(2)3)16(26)21(5)18(27)20(15)4/h12H,6-11H2,1-5H3. The fourth-order valence-corrected chi connectivity index (χ4v) is 4.53. The Bertz CT molecular complexity index is 997. The van der Waals surface area contributed by atoms with E-state index < -0.39 is 5.69 Å². The van der Waals surface area contributed by atoms with Crippen LogP contribution < -0.4 is 11.2 Å². The van der Waals surface area contributed by atoms with Gasteiger partial charge in [0.1, 0.15) is 0 Å². The molecule has 1 fully saturated rings. The molecule has 0 saturated carbocycles. The van der Waals surface area contributed by atoms with Gasteiger partial charge in [-0.1, -0.05) is 18.7 Å². The lowest BCUT2D eigenvalue weighted by Crippen LogP contribution is -2.49. The van der Waals surface area contributed by atoms with Crippen LogP contribution in [0.4, 0.5) is 0 Å². The lowest BCUT2D eigenvalue weighted by molar-refractivity contribution is -0.130. The smallest absolute Gasteiger partial charge is 0.332 e. The van der Waals surface area contributed by atoms with Crippen LogP contribution in [-0.2, 0) is 18.9 Å². The third-order valence-electron chi connectivity index (χ3n) is 5.27. The number of piperazine rings is 1. The minimum atomic E-state index is -0.410. The van der Waals surface area contributed by atoms with E-state index in [1.807, 2.05) is 23.3 Å². The number of rotatable bonds is 5. The summed E-state index contributed by atoms with van der Waals surface area (Å²) in [6, 6.07) is -0.0269. The van der Waals surface area contributed by atoms with E-state index in [4.69, 9.17) is 0 Å². The molecule has 1 amide bonds. The zero-order chi connectivity index (χ0) is 20.6. The van der Waals surface area contributed by atoms with Gasteiger partial charge in [-0.05, 0) is 20.4 Å². The summed E-state index contributed by atoms with van der Waals surface area (Å²) in [6.45, 7) is 10.3. The molecule has 0 atom stereocenters. The van der Waals surface area contributed by atoms with Crippen molar-refractivity contribution in [2.45, 2.75) is 32.0 Å². The number of imidazole rings is 1. The molecule has 10 heteroatoms. The number of carbonyl (C=O) groups excluding carboxylic acids is 1. The summed E-state index contributed by atoms with van der Waals surface area (Å²) in [5, 5.41) is 0.587. The Morgan fingerprint density at radius 3 is 2.32 bits per heavy atom. The molecule has 9 nitrogen and oxygen atoms in total. The summed E-state index contributed by atoms with van der Waals surface area (Å²) < 4.78 is 4.30. The molecule has 1 aliphatic rings. The van der Waals surface area contributed by atoms with Crippen molar-refractivity contribution in [3.8, 4) is 0 Å². The van der Waals surface area contributed by atoms with Crippen LogP contribution in [-0.4, -0.2) is 72.9 Å². The molecule has 0 aromatic carbocycles. The Kier molecular flexibility index (Phi) is 5.99. The molecule has 0 N–H and O–H groups in total. The van der Waals surface area contributed by atoms with E-state index in [0.717, 1.165) is 37.3 Å². The molecule has 28 heavy (non-hydrogen) atoms. The average molecular weight is 409 g/mol. The zero-order valence-electron chi connectivity index (χ0n) is 17.1. The van der Waals surface area contributed by atoms with Gasteiger partial charge < -0.3 is 14.4 Å². The van der Waals surface area contributed by atoms with E-state index >= 15 is 0 Å². The number of carbonyl (C=O) groups is 1. The number of hydrogen-bond acceptors (Lipinski definition) is 6. The summed E-state index contributed by atoms with van der Waals surface area (Å²) in [5.41, 5.74) is -0.0279. The molecule has 3 heterocycles. The van der Waals surface area contributed by atoms with E-state index in [2.05, 4.69) is 16.8 Å². The van der Waals surface area contributed by atoms with Gasteiger partial charge in [0.05, 0.1) is 5.75 Å². The molecule has 0 aliphatic carbocycles. The van der Waals surface area contributed by atoms with Crippen molar-refractivity contribution in [2.24, 2.45) is 14.1 Å². The molecule has 154 valence electrons. The van der Waals surface area contributed by atoms with E-state index in [0.29, 0.717) is 16.3 Å². The van der Waals surface area contributed by atoms with Gasteiger partial charge in [0.2, 0.25) is 5.91 Å². The number of aryl methyl sites for hydroxylation is 1. The quantitative estimate of drug-likeness (QED) is 0.661. The van der Waals surface area contributed by atoms with Gasteiger partial charge in [-0.15, -0.1) is 0 Å². The van der Waals surface area contributed by atoms with Crippen molar-refractivity contribution in [1.29, 1.82) is 0 Å². The van der Waals surface area contributed by atoms with Gasteiger partial charge in [0.15, 0.2) is 16.3 Å². The highest BCUT2D eigenvalue weighted by Crippen LogP contribution is 2.25. The Morgan fingerprint density at radius 2 is 1.75 bits per heavy atom. The SMILES string of the molecule is CCN1CCN(C(=O)CSc2nc3c(c(=O)n(C)c(=O)n3C)n2C(C)C)CC1. The van der Waals surface area contributed by atoms with Crippen LogP contribution in [0.5, 0.6) is 0 Å². The highest BCUT2D eigenvalue weighted by molar-refractivity contribution is 7.99. The minimum absolute atomic E-state index is 0.0269. The van der Waals surface area contributed by atoms with Gasteiger partial charge in [-0.3, -0.25) is 18.7 Å². The van der Waals surface area contributed by atoms with E-state index in [9.17, 15) is 14.4 Å². The number of amides is 1. The van der Waals surface area contributed by atoms with Crippen LogP contribution in [0.2, 0.25) is 0 Å². The molecular weight excluding hydrogens is 380 g/mol. The Balaban J connectivity index is 1.87. The summed E-state index contributed by atoms with van der Waals surface area (Å²) in [4.78, 5) is 46.3. The van der Waals surface area contributed by atoms with Crippen LogP contribution in [0.3, 0.4) is 0 Å². The second-order valence-electron chi connectivity index (χ2n) is 7.34. The fraction of sp³-hybridized carbons (Fsp3) is 0.667. The molecule has 1 aliphatic heterocycles. The van der Waals surface area contributed by atoms with Crippen molar-refractivity contribution >= 4 is 28.8 Å². The summed E-state index contributed by atoms with van der Waals surface area (Å²) >= 11 is 1.32. The first-order chi connectivity index (χ1) is 13.3. The molecule has 0 spiro atoms. The summed E-state index contributed by atoms with van der Waals surface area (Å²) in [7, 11) is 3.07. The number of nitrogens with zero attached hydrogens (tertiary/aromatic N) is 6. The minimum Gasteiger partial charge on any atom is -0.339 e. The number of thioether (sulfide) groups is 1. The predicted molar refractivity (Wildman–Crippen MR) is 110 cm³/mol. The van der Waals surface area contributed by atoms with Gasteiger partial charge in [0.25, 0.3) is 5.56 Å². The van der Waals surface area contributed by atoms with Gasteiger partial charge in [-0.2, -0.15) is 0 Å². The van der Waals surface area contributed by atoms with Crippen molar-refractivity contribution in [2.75, 3.05) is 38.5 Å². The topological polar surface area (TPSA) is 85.4 Å². The molecular formula is C18H28N6O3S. The largest absolute Gasteiger partial charge is 0.339 e. The molecule has 0 bridgehead atoms. The lowest BCUT2D eigenvalue weighted by atomic mass is 10.3. The third-order valence-corrected chi connectivity index (χ3v) is 6.21. The van der Waals surface area contributed by atoms with Crippen molar-refractivity contribution in [3.63, 3.8) is 0 Å². The molecule has 1 saturated heterocycles. The molecule has 2 aromatic rings. The van der Waals surface area contributed by atoms with Crippen LogP contribution in [0, 0.1) is 0 Å². The zero-order valence-corrected chi connectivity index (χ0v) is 18.0. The van der Waals surface area contributed by atoms with Crippen LogP contribution in [0.1, 0.15) is 26.8 Å². The van der Waals surface area contributed by atoms with Crippen LogP contribution >= 0.6 is 11.8 Å². The first-order valence-electron chi connectivity index (χ1n) is 9.57. The summed E-state index contributed by atoms with van der Waals surface area (Å²) in [5.74, 6) is 0.334. The third kappa shape index (κ3) is 3.62. The number of aromatic nitrogens is 4. The fourth-order valence-electron chi connectivity index (χ4n) is 3.51. The molecule has 2 aromatic heterocycles. The maximum atomic E-state index is 12.7. The Hall–Kier alpha value is -2.07. The van der Waals surface area contributed by atoms with Gasteiger partial charge in [-0.25, -0.2) is 9.78 Å². The molecule has 0 unspecified atom stereocenters. The van der Waals surface area contributed by atoms with E-state index in [1.54, 1.807) is 7.05 Å². The first-order valence-corrected chi connectivity index (χ1v) is 10.6. The van der Waals surface area contributed by atoms with Gasteiger partial charge >= 0.3 is 5.69 Å². The second kappa shape index (κ2) is 8.12. The number of hydrogen-bond donors (Lipinski definition) is 0. The monoisotopic (exact) mass is 408 g/mol. The maximum absolute atomic E-state index is 12.7. The Morgan fingerprint density at radius 1 is 1.11 bits per heavy atom. The first kappa shape index (κ1) is 20.7. The van der Waals surface area contributed by atoms with Crippen molar-refractivity contribution < 1.29 is 4.79 Å². The maximum Gasteiger partial charge on any atom is 0.332 e. The lowest BCUT2D eigenvalue weighted by Gasteiger charge is -2.34. The highest BCUT2D eigenvalue weighted by atomic mass is 32.2. The molecule has 3 rings (SSSR count). The average Bonchev–Trinajstić information content (AvgIpc) is 3.09. The van der Waals surface area contributed by atoms with Crippen molar-refractivity contribution in [3.05, 3.63) is 20.8 Å². The number of likely N-dealkylation sites (N-methyl/N-ethyl adjacent to an activating group) is 1. The normalized spacial score (nSPS) is 15.7. The Labute approximate surface area is 167 Å². The van der Waals surface area contributed by atoms with E-state index in [1.165, 1.54) is 23.4 Å². The predicted octanol–water partition coefficient (Wildman–Crippen LogP) is 0.271. The highest BCUT2D eigenvalue weighted by Gasteiger charge is 2.24. The summed E-state index contributed by atoms with van der Waals surface area (Å²) in [6.07, 6.45) is 0. The van der Waals surface area contributed by atoms with Gasteiger partial charge in [0, 0.05) is 46.3 Å². The van der Waals surface area contributed by atoms with Crippen molar-refractivity contribution in [1.82, 2.24) is 28.5 Å². The number of fused-ring (bicyclic) bond motifs is 1. The van der Waals surface area contributed by atoms with E-state index in [-0.39, 0.29) is 23.3 Å². The van der Waals surface area contributed by atoms with Crippen LogP contribution in [0.15, 0.2) is 14.7 Å². The van der Waals surface area contributed by atoms with Crippen LogP contribution in [0.25, 0.3) is 11.2 Å².